The van der Waals surface area contributed by atoms with Crippen LogP contribution in [0.5, 0.6) is 0 Å². The maximum atomic E-state index is 10.5. The van der Waals surface area contributed by atoms with Gasteiger partial charge in [0.05, 0.1) is 12.1 Å². The predicted octanol–water partition coefficient (Wildman–Crippen LogP) is 3.15. The standard InChI is InChI=1S/C15H33N3O.HI/c1-6-9-15(19,10-7-2)12-18-14(16-8-3)17-11-13(4)5;/h13,19H,6-12H2,1-5H3,(H2,16,17,18);1H. The number of guanidine groups is 1. The van der Waals surface area contributed by atoms with E-state index in [2.05, 4.69) is 50.2 Å². The van der Waals surface area contributed by atoms with Crippen molar-refractivity contribution in [1.29, 1.82) is 0 Å². The first kappa shape index (κ1) is 22.2. The van der Waals surface area contributed by atoms with Crippen molar-refractivity contribution in [2.45, 2.75) is 65.9 Å². The maximum absolute atomic E-state index is 10.5. The maximum Gasteiger partial charge on any atom is 0.191 e. The molecule has 0 aliphatic heterocycles. The predicted molar refractivity (Wildman–Crippen MR) is 99.0 cm³/mol. The van der Waals surface area contributed by atoms with Gasteiger partial charge in [-0.1, -0.05) is 40.5 Å². The third-order valence-electron chi connectivity index (χ3n) is 2.98. The van der Waals surface area contributed by atoms with Gasteiger partial charge in [-0.2, -0.15) is 0 Å². The van der Waals surface area contributed by atoms with Gasteiger partial charge in [-0.3, -0.25) is 4.99 Å². The van der Waals surface area contributed by atoms with E-state index in [-0.39, 0.29) is 24.0 Å². The van der Waals surface area contributed by atoms with Crippen molar-refractivity contribution in [3.63, 3.8) is 0 Å². The molecule has 0 aliphatic carbocycles. The number of nitrogens with zero attached hydrogens (tertiary/aromatic N) is 1. The number of aliphatic imine (C=N–C) groups is 1. The smallest absolute Gasteiger partial charge is 0.191 e. The van der Waals surface area contributed by atoms with Crippen molar-refractivity contribution in [3.05, 3.63) is 0 Å². The topological polar surface area (TPSA) is 56.7 Å². The Hall–Kier alpha value is -0.0400. The molecule has 0 spiro atoms. The first-order valence-electron chi connectivity index (χ1n) is 7.72. The molecule has 3 N–H and O–H groups in total. The lowest BCUT2D eigenvalue weighted by atomic mass is 9.93. The highest BCUT2D eigenvalue weighted by Crippen LogP contribution is 2.19. The Bertz CT molecular complexity index is 252. The fourth-order valence-corrected chi connectivity index (χ4v) is 2.08. The molecule has 0 fully saturated rings. The lowest BCUT2D eigenvalue weighted by molar-refractivity contribution is 0.0306. The van der Waals surface area contributed by atoms with Crippen LogP contribution in [0.3, 0.4) is 0 Å². The highest BCUT2D eigenvalue weighted by Gasteiger charge is 2.24. The number of aliphatic hydroxyl groups is 1. The monoisotopic (exact) mass is 399 g/mol. The van der Waals surface area contributed by atoms with Gasteiger partial charge in [-0.05, 0) is 25.7 Å². The van der Waals surface area contributed by atoms with Crippen LogP contribution in [0.25, 0.3) is 0 Å². The van der Waals surface area contributed by atoms with Crippen LogP contribution >= 0.6 is 24.0 Å². The van der Waals surface area contributed by atoms with Gasteiger partial charge in [0.2, 0.25) is 0 Å². The summed E-state index contributed by atoms with van der Waals surface area (Å²) in [6.45, 7) is 12.8. The molecule has 5 heteroatoms. The highest BCUT2D eigenvalue weighted by atomic mass is 127. The minimum atomic E-state index is -0.649. The van der Waals surface area contributed by atoms with E-state index in [0.29, 0.717) is 12.5 Å². The number of rotatable bonds is 9. The Balaban J connectivity index is 0. The molecule has 20 heavy (non-hydrogen) atoms. The molecule has 0 aliphatic rings. The number of hydrogen-bond acceptors (Lipinski definition) is 2. The summed E-state index contributed by atoms with van der Waals surface area (Å²) in [4.78, 5) is 4.54. The van der Waals surface area contributed by atoms with E-state index in [1.165, 1.54) is 0 Å². The van der Waals surface area contributed by atoms with Crippen LogP contribution in [-0.4, -0.2) is 36.3 Å². The Labute approximate surface area is 142 Å². The molecule has 0 saturated carbocycles. The van der Waals surface area contributed by atoms with E-state index in [0.717, 1.165) is 44.7 Å². The van der Waals surface area contributed by atoms with Gasteiger partial charge in [0.1, 0.15) is 0 Å². The van der Waals surface area contributed by atoms with Crippen LogP contribution in [0.2, 0.25) is 0 Å². The first-order valence-corrected chi connectivity index (χ1v) is 7.72. The zero-order chi connectivity index (χ0) is 14.7. The third-order valence-corrected chi connectivity index (χ3v) is 2.98. The van der Waals surface area contributed by atoms with Gasteiger partial charge in [0, 0.05) is 13.1 Å². The number of hydrogen-bond donors (Lipinski definition) is 3. The largest absolute Gasteiger partial charge is 0.388 e. The minimum Gasteiger partial charge on any atom is -0.388 e. The van der Waals surface area contributed by atoms with Gasteiger partial charge in [0.25, 0.3) is 0 Å². The van der Waals surface area contributed by atoms with Gasteiger partial charge >= 0.3 is 0 Å². The van der Waals surface area contributed by atoms with Crippen molar-refractivity contribution >= 4 is 29.9 Å². The minimum absolute atomic E-state index is 0. The molecular formula is C15H34IN3O. The normalized spacial score (nSPS) is 12.2. The molecule has 4 nitrogen and oxygen atoms in total. The van der Waals surface area contributed by atoms with Gasteiger partial charge in [0.15, 0.2) is 5.96 Å². The summed E-state index contributed by atoms with van der Waals surface area (Å²) in [5, 5.41) is 17.1. The van der Waals surface area contributed by atoms with E-state index in [4.69, 9.17) is 0 Å². The van der Waals surface area contributed by atoms with Crippen molar-refractivity contribution in [1.82, 2.24) is 10.6 Å². The molecule has 0 rings (SSSR count). The summed E-state index contributed by atoms with van der Waals surface area (Å²) in [5.41, 5.74) is -0.649. The molecule has 0 bridgehead atoms. The van der Waals surface area contributed by atoms with Crippen molar-refractivity contribution in [3.8, 4) is 0 Å². The molecule has 0 unspecified atom stereocenters. The van der Waals surface area contributed by atoms with Crippen LogP contribution in [0.1, 0.15) is 60.3 Å². The van der Waals surface area contributed by atoms with Crippen LogP contribution in [-0.2, 0) is 0 Å². The second kappa shape index (κ2) is 12.7. The van der Waals surface area contributed by atoms with E-state index >= 15 is 0 Å². The van der Waals surface area contributed by atoms with E-state index in [1.54, 1.807) is 0 Å². The summed E-state index contributed by atoms with van der Waals surface area (Å²) < 4.78 is 0. The Morgan fingerprint density at radius 2 is 1.65 bits per heavy atom. The number of nitrogens with one attached hydrogen (secondary N) is 2. The molecule has 0 radical (unpaired) electrons. The average Bonchev–Trinajstić information content (AvgIpc) is 2.33. The highest BCUT2D eigenvalue weighted by molar-refractivity contribution is 14.0. The Morgan fingerprint density at radius 3 is 2.05 bits per heavy atom. The zero-order valence-corrected chi connectivity index (χ0v) is 16.2. The second-order valence-corrected chi connectivity index (χ2v) is 5.69. The summed E-state index contributed by atoms with van der Waals surface area (Å²) in [6, 6.07) is 0. The fraction of sp³-hybridized carbons (Fsp3) is 0.933. The zero-order valence-electron chi connectivity index (χ0n) is 13.8. The molecule has 0 saturated heterocycles. The van der Waals surface area contributed by atoms with E-state index in [1.807, 2.05) is 0 Å². The molecule has 0 atom stereocenters. The summed E-state index contributed by atoms with van der Waals surface area (Å²) >= 11 is 0. The molecule has 0 aromatic carbocycles. The van der Waals surface area contributed by atoms with Crippen LogP contribution in [0, 0.1) is 5.92 Å². The second-order valence-electron chi connectivity index (χ2n) is 5.69. The van der Waals surface area contributed by atoms with Gasteiger partial charge in [-0.25, -0.2) is 0 Å². The molecular weight excluding hydrogens is 365 g/mol. The molecule has 0 amide bonds. The van der Waals surface area contributed by atoms with Crippen LogP contribution < -0.4 is 10.6 Å². The Kier molecular flexibility index (Phi) is 14.1. The van der Waals surface area contributed by atoms with Crippen molar-refractivity contribution in [2.75, 3.05) is 19.6 Å². The molecule has 122 valence electrons. The Morgan fingerprint density at radius 1 is 1.10 bits per heavy atom. The number of halogens is 1. The van der Waals surface area contributed by atoms with Gasteiger partial charge in [-0.15, -0.1) is 24.0 Å². The lowest BCUT2D eigenvalue weighted by Crippen LogP contribution is -2.41. The van der Waals surface area contributed by atoms with Crippen molar-refractivity contribution < 1.29 is 5.11 Å². The lowest BCUT2D eigenvalue weighted by Gasteiger charge is -2.26. The fourth-order valence-electron chi connectivity index (χ4n) is 2.08. The van der Waals surface area contributed by atoms with E-state index < -0.39 is 5.60 Å². The summed E-state index contributed by atoms with van der Waals surface area (Å²) in [6.07, 6.45) is 3.60. The summed E-state index contributed by atoms with van der Waals surface area (Å²) in [7, 11) is 0. The average molecular weight is 399 g/mol. The SMILES string of the molecule is CCCC(O)(CCC)CN=C(NCC)NCC(C)C.I. The summed E-state index contributed by atoms with van der Waals surface area (Å²) in [5.74, 6) is 1.39. The molecule has 0 aromatic rings. The van der Waals surface area contributed by atoms with Crippen LogP contribution in [0.4, 0.5) is 0 Å². The van der Waals surface area contributed by atoms with Gasteiger partial charge < -0.3 is 15.7 Å². The molecule has 0 heterocycles. The van der Waals surface area contributed by atoms with Crippen molar-refractivity contribution in [2.24, 2.45) is 10.9 Å². The quantitative estimate of drug-likeness (QED) is 0.317. The van der Waals surface area contributed by atoms with Crippen LogP contribution in [0.15, 0.2) is 4.99 Å². The van der Waals surface area contributed by atoms with E-state index in [9.17, 15) is 5.11 Å². The molecule has 0 aromatic heterocycles. The third kappa shape index (κ3) is 10.7. The first-order chi connectivity index (χ1) is 8.97.